The third kappa shape index (κ3) is 7.12. The van der Waals surface area contributed by atoms with E-state index in [-0.39, 0.29) is 11.8 Å². The minimum absolute atomic E-state index is 0.00498. The largest absolute Gasteiger partial charge is 0.339 e. The van der Waals surface area contributed by atoms with Crippen LogP contribution in [0.25, 0.3) is 5.57 Å². The van der Waals surface area contributed by atoms with E-state index >= 15 is 0 Å². The second-order valence-corrected chi connectivity index (χ2v) is 7.61. The number of aliphatic imine (C=N–C) groups is 1. The van der Waals surface area contributed by atoms with E-state index in [1.807, 2.05) is 61.8 Å². The molecule has 1 rings (SSSR count). The molecule has 0 unspecified atom stereocenters. The van der Waals surface area contributed by atoms with Crippen molar-refractivity contribution in [3.63, 3.8) is 0 Å². The van der Waals surface area contributed by atoms with Crippen LogP contribution in [0.5, 0.6) is 0 Å². The van der Waals surface area contributed by atoms with Gasteiger partial charge in [0, 0.05) is 37.4 Å². The van der Waals surface area contributed by atoms with Gasteiger partial charge in [0.15, 0.2) is 0 Å². The van der Waals surface area contributed by atoms with Crippen LogP contribution in [0.15, 0.2) is 35.0 Å². The Kier molecular flexibility index (Phi) is 11.1. The molecule has 0 fully saturated rings. The van der Waals surface area contributed by atoms with Gasteiger partial charge in [0.05, 0.1) is 0 Å². The highest BCUT2D eigenvalue weighted by atomic mass is 16.2. The van der Waals surface area contributed by atoms with Gasteiger partial charge < -0.3 is 9.80 Å². The molecule has 1 aromatic carbocycles. The number of hydrogen-bond donors (Lipinski definition) is 0. The number of carbonyl (C=O) groups excluding carboxylic acids is 2. The number of carbonyl (C=O) groups is 2. The standard InChI is InChI=1S/C25H39N3O2/c1-8-12-18-28(11-4)24(29)21(7)26-20(6)19(5)22-13-15-23(16-14-22)25(30)27(10-3)17-9-2/h13-16H,8-12,17-18H2,1-7H3/b20-19+,26-21?. The third-order valence-corrected chi connectivity index (χ3v) is 5.37. The quantitative estimate of drug-likeness (QED) is 0.455. The molecule has 30 heavy (non-hydrogen) atoms. The Balaban J connectivity index is 3.01. The highest BCUT2D eigenvalue weighted by Gasteiger charge is 2.15. The van der Waals surface area contributed by atoms with Crippen LogP contribution in [0.3, 0.4) is 0 Å². The lowest BCUT2D eigenvalue weighted by Gasteiger charge is -2.20. The van der Waals surface area contributed by atoms with Crippen LogP contribution in [-0.2, 0) is 4.79 Å². The van der Waals surface area contributed by atoms with Crippen molar-refractivity contribution >= 4 is 23.1 Å². The van der Waals surface area contributed by atoms with Crippen molar-refractivity contribution in [1.82, 2.24) is 9.80 Å². The molecule has 0 heterocycles. The monoisotopic (exact) mass is 413 g/mol. The molecule has 0 radical (unpaired) electrons. The summed E-state index contributed by atoms with van der Waals surface area (Å²) in [5.74, 6) is 0.0603. The predicted molar refractivity (Wildman–Crippen MR) is 127 cm³/mol. The Morgan fingerprint density at radius 1 is 0.800 bits per heavy atom. The van der Waals surface area contributed by atoms with Crippen molar-refractivity contribution in [3.05, 3.63) is 41.1 Å². The van der Waals surface area contributed by atoms with Gasteiger partial charge in [0.2, 0.25) is 0 Å². The lowest BCUT2D eigenvalue weighted by molar-refractivity contribution is -0.124. The molecule has 0 aromatic heterocycles. The molecule has 0 saturated carbocycles. The van der Waals surface area contributed by atoms with E-state index in [1.165, 1.54) is 0 Å². The summed E-state index contributed by atoms with van der Waals surface area (Å²) in [6, 6.07) is 7.66. The zero-order chi connectivity index (χ0) is 22.7. The Labute approximate surface area is 182 Å². The number of rotatable bonds is 11. The van der Waals surface area contributed by atoms with Crippen molar-refractivity contribution in [3.8, 4) is 0 Å². The molecule has 0 N–H and O–H groups in total. The summed E-state index contributed by atoms with van der Waals surface area (Å²) in [5, 5.41) is 0. The van der Waals surface area contributed by atoms with Gasteiger partial charge >= 0.3 is 0 Å². The molecule has 0 aliphatic heterocycles. The maximum absolute atomic E-state index is 12.7. The van der Waals surface area contributed by atoms with E-state index < -0.39 is 0 Å². The van der Waals surface area contributed by atoms with E-state index in [0.717, 1.165) is 49.2 Å². The third-order valence-electron chi connectivity index (χ3n) is 5.37. The number of hydrogen-bond acceptors (Lipinski definition) is 3. The van der Waals surface area contributed by atoms with Crippen LogP contribution in [-0.4, -0.2) is 53.5 Å². The van der Waals surface area contributed by atoms with E-state index in [4.69, 9.17) is 0 Å². The van der Waals surface area contributed by atoms with Crippen molar-refractivity contribution in [2.75, 3.05) is 26.2 Å². The molecular weight excluding hydrogens is 374 g/mol. The van der Waals surface area contributed by atoms with E-state index in [2.05, 4.69) is 18.8 Å². The highest BCUT2D eigenvalue weighted by Crippen LogP contribution is 2.20. The summed E-state index contributed by atoms with van der Waals surface area (Å²) in [7, 11) is 0. The summed E-state index contributed by atoms with van der Waals surface area (Å²) in [6.07, 6.45) is 3.01. The number of benzene rings is 1. The number of allylic oxidation sites excluding steroid dienone is 2. The first kappa shape index (κ1) is 25.6. The highest BCUT2D eigenvalue weighted by molar-refractivity contribution is 6.38. The topological polar surface area (TPSA) is 53.0 Å². The molecule has 166 valence electrons. The fourth-order valence-electron chi connectivity index (χ4n) is 3.29. The molecule has 1 aromatic rings. The fourth-order valence-corrected chi connectivity index (χ4v) is 3.29. The Morgan fingerprint density at radius 3 is 1.87 bits per heavy atom. The molecule has 0 atom stereocenters. The SMILES string of the molecule is CCCCN(CC)C(=O)C(C)=N/C(C)=C(\C)c1ccc(C(=O)N(CC)CCC)cc1. The molecule has 0 spiro atoms. The van der Waals surface area contributed by atoms with Crippen LogP contribution >= 0.6 is 0 Å². The van der Waals surface area contributed by atoms with Crippen LogP contribution in [0.2, 0.25) is 0 Å². The average molecular weight is 414 g/mol. The second kappa shape index (κ2) is 13.0. The van der Waals surface area contributed by atoms with E-state index in [0.29, 0.717) is 24.4 Å². The Bertz CT molecular complexity index is 763. The smallest absolute Gasteiger partial charge is 0.267 e. The lowest BCUT2D eigenvalue weighted by Crippen LogP contribution is -2.36. The summed E-state index contributed by atoms with van der Waals surface area (Å²) in [5.41, 5.74) is 4.02. The van der Waals surface area contributed by atoms with Crippen molar-refractivity contribution in [1.29, 1.82) is 0 Å². The molecule has 0 aliphatic rings. The number of unbranched alkanes of at least 4 members (excludes halogenated alkanes) is 1. The van der Waals surface area contributed by atoms with Gasteiger partial charge in [-0.15, -0.1) is 0 Å². The normalized spacial score (nSPS) is 12.4. The summed E-state index contributed by atoms with van der Waals surface area (Å²) >= 11 is 0. The summed E-state index contributed by atoms with van der Waals surface area (Å²) in [6.45, 7) is 16.8. The second-order valence-electron chi connectivity index (χ2n) is 7.61. The summed E-state index contributed by atoms with van der Waals surface area (Å²) in [4.78, 5) is 33.6. The molecule has 2 amide bonds. The van der Waals surface area contributed by atoms with Gasteiger partial charge in [0.25, 0.3) is 11.8 Å². The first-order valence-electron chi connectivity index (χ1n) is 11.2. The van der Waals surface area contributed by atoms with Crippen molar-refractivity contribution < 1.29 is 9.59 Å². The number of nitrogens with zero attached hydrogens (tertiary/aromatic N) is 3. The first-order valence-corrected chi connectivity index (χ1v) is 11.2. The van der Waals surface area contributed by atoms with Gasteiger partial charge in [-0.25, -0.2) is 0 Å². The van der Waals surface area contributed by atoms with E-state index in [1.54, 1.807) is 6.92 Å². The fraction of sp³-hybridized carbons (Fsp3) is 0.560. The molecule has 5 nitrogen and oxygen atoms in total. The average Bonchev–Trinajstić information content (AvgIpc) is 2.76. The lowest BCUT2D eigenvalue weighted by atomic mass is 10.0. The first-order chi connectivity index (χ1) is 14.3. The maximum atomic E-state index is 12.7. The molecule has 0 aliphatic carbocycles. The molecule has 0 bridgehead atoms. The van der Waals surface area contributed by atoms with Gasteiger partial charge in [-0.3, -0.25) is 14.6 Å². The van der Waals surface area contributed by atoms with Crippen LogP contribution in [0, 0.1) is 0 Å². The Hall–Kier alpha value is -2.43. The zero-order valence-electron chi connectivity index (χ0n) is 19.9. The van der Waals surface area contributed by atoms with Crippen molar-refractivity contribution in [2.45, 2.75) is 67.7 Å². The van der Waals surface area contributed by atoms with Gasteiger partial charge in [-0.1, -0.05) is 32.4 Å². The predicted octanol–water partition coefficient (Wildman–Crippen LogP) is 5.42. The summed E-state index contributed by atoms with van der Waals surface area (Å²) < 4.78 is 0. The molecule has 0 saturated heterocycles. The minimum atomic E-state index is -0.00498. The number of amides is 2. The van der Waals surface area contributed by atoms with Gasteiger partial charge in [0.1, 0.15) is 5.71 Å². The van der Waals surface area contributed by atoms with E-state index in [9.17, 15) is 9.59 Å². The Morgan fingerprint density at radius 2 is 1.37 bits per heavy atom. The van der Waals surface area contributed by atoms with Crippen LogP contribution in [0.1, 0.15) is 83.7 Å². The minimum Gasteiger partial charge on any atom is -0.339 e. The molecule has 5 heteroatoms. The van der Waals surface area contributed by atoms with Gasteiger partial charge in [-0.2, -0.15) is 0 Å². The van der Waals surface area contributed by atoms with Crippen molar-refractivity contribution in [2.24, 2.45) is 4.99 Å². The van der Waals surface area contributed by atoms with Crippen LogP contribution < -0.4 is 0 Å². The zero-order valence-corrected chi connectivity index (χ0v) is 19.9. The van der Waals surface area contributed by atoms with Gasteiger partial charge in [-0.05, 0) is 70.7 Å². The van der Waals surface area contributed by atoms with Crippen LogP contribution in [0.4, 0.5) is 0 Å². The molecular formula is C25H39N3O2. The maximum Gasteiger partial charge on any atom is 0.267 e.